The highest BCUT2D eigenvalue weighted by Crippen LogP contribution is 2.33. The molecule has 1 fully saturated rings. The van der Waals surface area contributed by atoms with Crippen LogP contribution in [-0.2, 0) is 16.0 Å². The Hall–Kier alpha value is -2.21. The lowest BCUT2D eigenvalue weighted by Gasteiger charge is -2.31. The van der Waals surface area contributed by atoms with Crippen LogP contribution in [0.5, 0.6) is 0 Å². The lowest BCUT2D eigenvalue weighted by molar-refractivity contribution is -0.134. The molecule has 0 bridgehead atoms. The first-order valence-electron chi connectivity index (χ1n) is 8.88. The molecule has 0 spiro atoms. The molecule has 6 nitrogen and oxygen atoms in total. The Morgan fingerprint density at radius 3 is 2.80 bits per heavy atom. The molecule has 1 aliphatic heterocycles. The number of hydrogen-bond donors (Lipinski definition) is 1. The average Bonchev–Trinajstić information content (AvgIpc) is 3.04. The van der Waals surface area contributed by atoms with Crippen LogP contribution in [0.15, 0.2) is 28.8 Å². The van der Waals surface area contributed by atoms with Gasteiger partial charge in [0, 0.05) is 19.6 Å². The molecule has 1 saturated heterocycles. The van der Waals surface area contributed by atoms with Crippen molar-refractivity contribution in [2.75, 3.05) is 13.2 Å². The zero-order valence-electron chi connectivity index (χ0n) is 14.8. The minimum absolute atomic E-state index is 0.0620. The summed E-state index contributed by atoms with van der Waals surface area (Å²) in [6, 6.07) is 8.25. The standard InChI is InChI=1S/C19H25N3O3/c1-13-7-9-15(10-8-13)18-16(5-4-12-24-18)19(23)20-11-3-6-17-21-14(2)22-25-17/h7-10,16,18H,3-6,11-12H2,1-2H3,(H,20,23)/t16-,18-/m0/s1. The molecular formula is C19H25N3O3. The lowest BCUT2D eigenvalue weighted by atomic mass is 9.88. The minimum Gasteiger partial charge on any atom is -0.373 e. The van der Waals surface area contributed by atoms with Gasteiger partial charge in [-0.1, -0.05) is 35.0 Å². The van der Waals surface area contributed by atoms with Crippen molar-refractivity contribution in [3.05, 3.63) is 47.1 Å². The summed E-state index contributed by atoms with van der Waals surface area (Å²) in [6.45, 7) is 5.15. The van der Waals surface area contributed by atoms with Gasteiger partial charge in [-0.25, -0.2) is 0 Å². The first kappa shape index (κ1) is 17.6. The van der Waals surface area contributed by atoms with Gasteiger partial charge in [0.1, 0.15) is 0 Å². The van der Waals surface area contributed by atoms with Crippen molar-refractivity contribution in [2.24, 2.45) is 5.92 Å². The van der Waals surface area contributed by atoms with Gasteiger partial charge in [0.15, 0.2) is 5.82 Å². The molecule has 0 unspecified atom stereocenters. The first-order chi connectivity index (χ1) is 12.1. The van der Waals surface area contributed by atoms with E-state index in [4.69, 9.17) is 9.26 Å². The van der Waals surface area contributed by atoms with E-state index >= 15 is 0 Å². The van der Waals surface area contributed by atoms with Crippen molar-refractivity contribution in [3.8, 4) is 0 Å². The van der Waals surface area contributed by atoms with E-state index in [1.54, 1.807) is 6.92 Å². The van der Waals surface area contributed by atoms with E-state index in [0.717, 1.165) is 24.8 Å². The van der Waals surface area contributed by atoms with Gasteiger partial charge in [-0.2, -0.15) is 4.98 Å². The van der Waals surface area contributed by atoms with Gasteiger partial charge in [0.2, 0.25) is 11.8 Å². The van der Waals surface area contributed by atoms with Crippen molar-refractivity contribution in [1.82, 2.24) is 15.5 Å². The monoisotopic (exact) mass is 343 g/mol. The van der Waals surface area contributed by atoms with E-state index in [1.807, 2.05) is 0 Å². The predicted molar refractivity (Wildman–Crippen MR) is 93.0 cm³/mol. The first-order valence-corrected chi connectivity index (χ1v) is 8.88. The third kappa shape index (κ3) is 4.66. The van der Waals surface area contributed by atoms with Crippen LogP contribution in [0, 0.1) is 19.8 Å². The number of rotatable bonds is 6. The van der Waals surface area contributed by atoms with Gasteiger partial charge in [-0.05, 0) is 38.7 Å². The summed E-state index contributed by atoms with van der Waals surface area (Å²) in [4.78, 5) is 16.8. The fourth-order valence-electron chi connectivity index (χ4n) is 3.16. The zero-order chi connectivity index (χ0) is 17.6. The number of benzene rings is 1. The van der Waals surface area contributed by atoms with Crippen LogP contribution < -0.4 is 5.32 Å². The fraction of sp³-hybridized carbons (Fsp3) is 0.526. The maximum Gasteiger partial charge on any atom is 0.226 e. The van der Waals surface area contributed by atoms with Crippen LogP contribution in [0.25, 0.3) is 0 Å². The normalized spacial score (nSPS) is 20.4. The molecule has 1 aliphatic rings. The summed E-state index contributed by atoms with van der Waals surface area (Å²) >= 11 is 0. The van der Waals surface area contributed by atoms with E-state index in [2.05, 4.69) is 46.6 Å². The Balaban J connectivity index is 1.52. The second-order valence-electron chi connectivity index (χ2n) is 6.58. The fourth-order valence-corrected chi connectivity index (χ4v) is 3.16. The van der Waals surface area contributed by atoms with Crippen LogP contribution >= 0.6 is 0 Å². The highest BCUT2D eigenvalue weighted by molar-refractivity contribution is 5.79. The maximum atomic E-state index is 12.6. The summed E-state index contributed by atoms with van der Waals surface area (Å²) in [7, 11) is 0. The molecule has 1 N–H and O–H groups in total. The van der Waals surface area contributed by atoms with Gasteiger partial charge >= 0.3 is 0 Å². The van der Waals surface area contributed by atoms with Crippen molar-refractivity contribution < 1.29 is 14.1 Å². The molecule has 1 aromatic carbocycles. The number of aryl methyl sites for hydroxylation is 3. The summed E-state index contributed by atoms with van der Waals surface area (Å²) in [5, 5.41) is 6.80. The predicted octanol–water partition coefficient (Wildman–Crippen LogP) is 2.90. The molecule has 2 aromatic rings. The van der Waals surface area contributed by atoms with Crippen LogP contribution in [0.1, 0.15) is 48.2 Å². The largest absolute Gasteiger partial charge is 0.373 e. The molecule has 0 aliphatic carbocycles. The number of nitrogens with one attached hydrogen (secondary N) is 1. The Morgan fingerprint density at radius 1 is 1.28 bits per heavy atom. The third-order valence-corrected chi connectivity index (χ3v) is 4.50. The number of amides is 1. The summed E-state index contributed by atoms with van der Waals surface area (Å²) in [6.07, 6.45) is 3.06. The third-order valence-electron chi connectivity index (χ3n) is 4.50. The molecule has 0 saturated carbocycles. The lowest BCUT2D eigenvalue weighted by Crippen LogP contribution is -2.38. The molecule has 0 radical (unpaired) electrons. The van der Waals surface area contributed by atoms with Crippen LogP contribution in [0.2, 0.25) is 0 Å². The summed E-state index contributed by atoms with van der Waals surface area (Å²) < 4.78 is 11.0. The van der Waals surface area contributed by atoms with Crippen molar-refractivity contribution in [3.63, 3.8) is 0 Å². The number of nitrogens with zero attached hydrogens (tertiary/aromatic N) is 2. The molecular weight excluding hydrogens is 318 g/mol. The Kier molecular flexibility index (Phi) is 5.81. The number of ether oxygens (including phenoxy) is 1. The number of carbonyl (C=O) groups is 1. The molecule has 2 heterocycles. The summed E-state index contributed by atoms with van der Waals surface area (Å²) in [5.74, 6) is 1.18. The van der Waals surface area contributed by atoms with Crippen molar-refractivity contribution >= 4 is 5.91 Å². The van der Waals surface area contributed by atoms with Gasteiger partial charge in [-0.3, -0.25) is 4.79 Å². The van der Waals surface area contributed by atoms with Crippen LogP contribution in [0.4, 0.5) is 0 Å². The van der Waals surface area contributed by atoms with Crippen LogP contribution in [-0.4, -0.2) is 29.2 Å². The zero-order valence-corrected chi connectivity index (χ0v) is 14.8. The Bertz CT molecular complexity index is 696. The highest BCUT2D eigenvalue weighted by atomic mass is 16.5. The maximum absolute atomic E-state index is 12.6. The number of carbonyl (C=O) groups excluding carboxylic acids is 1. The van der Waals surface area contributed by atoms with Crippen LogP contribution in [0.3, 0.4) is 0 Å². The quantitative estimate of drug-likeness (QED) is 0.816. The minimum atomic E-state index is -0.159. The van der Waals surface area contributed by atoms with Gasteiger partial charge in [0.25, 0.3) is 0 Å². The smallest absolute Gasteiger partial charge is 0.226 e. The van der Waals surface area contributed by atoms with E-state index in [9.17, 15) is 4.79 Å². The molecule has 3 rings (SSSR count). The molecule has 1 aromatic heterocycles. The van der Waals surface area contributed by atoms with Gasteiger partial charge in [0.05, 0.1) is 12.0 Å². The summed E-state index contributed by atoms with van der Waals surface area (Å²) in [5.41, 5.74) is 2.28. The number of hydrogen-bond acceptors (Lipinski definition) is 5. The SMILES string of the molecule is Cc1ccc([C@@H]2OCCC[C@@H]2C(=O)NCCCc2nc(C)no2)cc1. The van der Waals surface area contributed by atoms with E-state index in [-0.39, 0.29) is 17.9 Å². The van der Waals surface area contributed by atoms with E-state index in [1.165, 1.54) is 5.56 Å². The van der Waals surface area contributed by atoms with E-state index in [0.29, 0.717) is 31.3 Å². The van der Waals surface area contributed by atoms with Crippen molar-refractivity contribution in [2.45, 2.75) is 45.6 Å². The van der Waals surface area contributed by atoms with Gasteiger partial charge in [-0.15, -0.1) is 0 Å². The number of aromatic nitrogens is 2. The topological polar surface area (TPSA) is 77.2 Å². The highest BCUT2D eigenvalue weighted by Gasteiger charge is 2.32. The molecule has 6 heteroatoms. The second-order valence-corrected chi connectivity index (χ2v) is 6.58. The average molecular weight is 343 g/mol. The van der Waals surface area contributed by atoms with E-state index < -0.39 is 0 Å². The molecule has 2 atom stereocenters. The Morgan fingerprint density at radius 2 is 2.08 bits per heavy atom. The van der Waals surface area contributed by atoms with Crippen molar-refractivity contribution in [1.29, 1.82) is 0 Å². The van der Waals surface area contributed by atoms with Gasteiger partial charge < -0.3 is 14.6 Å². The molecule has 25 heavy (non-hydrogen) atoms. The second kappa shape index (κ2) is 8.25. The molecule has 134 valence electrons. The Labute approximate surface area is 148 Å². The molecule has 1 amide bonds.